The summed E-state index contributed by atoms with van der Waals surface area (Å²) in [4.78, 5) is 15.0. The molecule has 0 saturated heterocycles. The first-order valence-corrected chi connectivity index (χ1v) is 6.37. The molecule has 0 spiro atoms. The second-order valence-corrected chi connectivity index (χ2v) is 4.38. The molecule has 0 unspecified atom stereocenters. The molecule has 6 nitrogen and oxygen atoms in total. The Morgan fingerprint density at radius 3 is 2.70 bits per heavy atom. The van der Waals surface area contributed by atoms with Gasteiger partial charge in [-0.2, -0.15) is 5.10 Å². The number of hydrogen-bond donors (Lipinski definition) is 2. The van der Waals surface area contributed by atoms with Gasteiger partial charge in [-0.1, -0.05) is 13.3 Å². The number of carbonyl (C=O) groups is 1. The Morgan fingerprint density at radius 1 is 1.40 bits per heavy atom. The van der Waals surface area contributed by atoms with Crippen molar-refractivity contribution in [3.8, 4) is 11.3 Å². The second-order valence-electron chi connectivity index (χ2n) is 4.38. The molecule has 4 N–H and O–H groups in total. The van der Waals surface area contributed by atoms with Gasteiger partial charge in [-0.15, -0.1) is 0 Å². The molecular weight excluding hydrogens is 254 g/mol. The van der Waals surface area contributed by atoms with E-state index in [1.165, 1.54) is 4.68 Å². The van der Waals surface area contributed by atoms with Gasteiger partial charge in [0, 0.05) is 29.6 Å². The molecule has 0 saturated carbocycles. The molecule has 0 aromatic carbocycles. The minimum absolute atomic E-state index is 0.277. The van der Waals surface area contributed by atoms with E-state index in [1.807, 2.05) is 19.1 Å². The molecule has 0 amide bonds. The van der Waals surface area contributed by atoms with E-state index in [2.05, 4.69) is 10.1 Å². The van der Waals surface area contributed by atoms with Crippen LogP contribution in [0.5, 0.6) is 0 Å². The van der Waals surface area contributed by atoms with Crippen molar-refractivity contribution >= 4 is 17.9 Å². The molecule has 0 bridgehead atoms. The van der Waals surface area contributed by atoms with Crippen LogP contribution in [0.3, 0.4) is 0 Å². The van der Waals surface area contributed by atoms with Crippen LogP contribution in [-0.2, 0) is 4.79 Å². The van der Waals surface area contributed by atoms with Crippen LogP contribution in [0.15, 0.2) is 36.2 Å². The molecule has 104 valence electrons. The Morgan fingerprint density at radius 2 is 2.10 bits per heavy atom. The zero-order chi connectivity index (χ0) is 14.5. The van der Waals surface area contributed by atoms with Gasteiger partial charge in [0.2, 0.25) is 0 Å². The Hall–Kier alpha value is -2.63. The predicted molar refractivity (Wildman–Crippen MR) is 78.2 cm³/mol. The maximum atomic E-state index is 11.1. The van der Waals surface area contributed by atoms with Gasteiger partial charge in [0.15, 0.2) is 0 Å². The number of carbonyl (C=O) groups excluding carboxylic acids is 1. The highest BCUT2D eigenvalue weighted by atomic mass is 16.1. The van der Waals surface area contributed by atoms with E-state index in [4.69, 9.17) is 11.5 Å². The van der Waals surface area contributed by atoms with Crippen LogP contribution >= 0.6 is 0 Å². The Balaban J connectivity index is 2.44. The Kier molecular flexibility index (Phi) is 4.14. The van der Waals surface area contributed by atoms with Crippen molar-refractivity contribution in [1.82, 2.24) is 14.8 Å². The minimum atomic E-state index is 0.277. The summed E-state index contributed by atoms with van der Waals surface area (Å²) < 4.78 is 1.40. The Labute approximate surface area is 117 Å². The molecule has 6 heteroatoms. The molecular formula is C14H17N5O. The van der Waals surface area contributed by atoms with Crippen molar-refractivity contribution in [2.75, 3.05) is 5.73 Å². The lowest BCUT2D eigenvalue weighted by atomic mass is 10.2. The third kappa shape index (κ3) is 2.69. The number of aromatic nitrogens is 3. The largest absolute Gasteiger partial charge is 0.384 e. The molecule has 0 atom stereocenters. The highest BCUT2D eigenvalue weighted by Gasteiger charge is 2.11. The number of allylic oxidation sites excluding steroid dienone is 1. The average Bonchev–Trinajstić information content (AvgIpc) is 2.87. The second kappa shape index (κ2) is 6.01. The van der Waals surface area contributed by atoms with Crippen LogP contribution in [0.4, 0.5) is 5.82 Å². The first-order valence-electron chi connectivity index (χ1n) is 6.37. The summed E-state index contributed by atoms with van der Waals surface area (Å²) in [5, 5.41) is 4.35. The monoisotopic (exact) mass is 271 g/mol. The van der Waals surface area contributed by atoms with Gasteiger partial charge in [0.05, 0.1) is 5.69 Å². The highest BCUT2D eigenvalue weighted by molar-refractivity contribution is 5.82. The number of aldehydes is 1. The quantitative estimate of drug-likeness (QED) is 0.636. The Bertz CT molecular complexity index is 630. The van der Waals surface area contributed by atoms with Gasteiger partial charge < -0.3 is 11.5 Å². The fourth-order valence-corrected chi connectivity index (χ4v) is 1.90. The van der Waals surface area contributed by atoms with Crippen LogP contribution in [0.25, 0.3) is 17.1 Å². The summed E-state index contributed by atoms with van der Waals surface area (Å²) in [7, 11) is 0. The van der Waals surface area contributed by atoms with E-state index in [1.54, 1.807) is 18.5 Å². The van der Waals surface area contributed by atoms with E-state index >= 15 is 0 Å². The molecule has 20 heavy (non-hydrogen) atoms. The smallest absolute Gasteiger partial charge is 0.149 e. The standard InChI is InChI=1S/C14H17N5O/c1-2-3-11(9-20)14(16)19-13(15)8-12(18-19)10-4-6-17-7-5-10/h4-9H,2-3,15-16H2,1H3/b14-11+. The molecule has 2 rings (SSSR count). The summed E-state index contributed by atoms with van der Waals surface area (Å²) in [5.74, 6) is 0.671. The number of nitrogen functional groups attached to an aromatic ring is 1. The maximum absolute atomic E-state index is 11.1. The van der Waals surface area contributed by atoms with Gasteiger partial charge in [0.1, 0.15) is 17.9 Å². The SMILES string of the molecule is CCC/C(C=O)=C(/N)n1nc(-c2ccncc2)cc1N. The molecule has 2 aromatic heterocycles. The topological polar surface area (TPSA) is 99.8 Å². The van der Waals surface area contributed by atoms with Crippen LogP contribution in [0, 0.1) is 0 Å². The van der Waals surface area contributed by atoms with E-state index in [-0.39, 0.29) is 5.82 Å². The number of anilines is 1. The zero-order valence-corrected chi connectivity index (χ0v) is 11.3. The molecule has 2 aromatic rings. The van der Waals surface area contributed by atoms with Gasteiger partial charge in [-0.25, -0.2) is 4.68 Å². The molecule has 0 aliphatic rings. The number of rotatable bonds is 5. The number of hydrogen-bond acceptors (Lipinski definition) is 5. The van der Waals surface area contributed by atoms with Crippen LogP contribution in [0.1, 0.15) is 19.8 Å². The summed E-state index contributed by atoms with van der Waals surface area (Å²) in [5.41, 5.74) is 14.0. The van der Waals surface area contributed by atoms with Gasteiger partial charge in [0.25, 0.3) is 0 Å². The summed E-state index contributed by atoms with van der Waals surface area (Å²) >= 11 is 0. The van der Waals surface area contributed by atoms with Crippen molar-refractivity contribution in [1.29, 1.82) is 0 Å². The lowest BCUT2D eigenvalue weighted by molar-refractivity contribution is -0.105. The fraction of sp³-hybridized carbons (Fsp3) is 0.214. The van der Waals surface area contributed by atoms with Gasteiger partial charge in [-0.05, 0) is 18.6 Å². The molecule has 0 radical (unpaired) electrons. The number of pyridine rings is 1. The third-order valence-corrected chi connectivity index (χ3v) is 2.93. The number of nitrogens with two attached hydrogens (primary N) is 2. The lowest BCUT2D eigenvalue weighted by Gasteiger charge is -2.07. The lowest BCUT2D eigenvalue weighted by Crippen LogP contribution is -2.14. The van der Waals surface area contributed by atoms with Gasteiger partial charge >= 0.3 is 0 Å². The van der Waals surface area contributed by atoms with Crippen LogP contribution < -0.4 is 11.5 Å². The van der Waals surface area contributed by atoms with Crippen LogP contribution in [-0.4, -0.2) is 21.1 Å². The maximum Gasteiger partial charge on any atom is 0.149 e. The van der Waals surface area contributed by atoms with Crippen molar-refractivity contribution in [3.05, 3.63) is 36.2 Å². The predicted octanol–water partition coefficient (Wildman–Crippen LogP) is 1.65. The fourth-order valence-electron chi connectivity index (χ4n) is 1.90. The van der Waals surface area contributed by atoms with Crippen molar-refractivity contribution in [2.45, 2.75) is 19.8 Å². The van der Waals surface area contributed by atoms with E-state index in [9.17, 15) is 4.79 Å². The third-order valence-electron chi connectivity index (χ3n) is 2.93. The first kappa shape index (κ1) is 13.8. The summed E-state index contributed by atoms with van der Waals surface area (Å²) in [6.07, 6.45) is 5.54. The van der Waals surface area contributed by atoms with Gasteiger partial charge in [-0.3, -0.25) is 9.78 Å². The van der Waals surface area contributed by atoms with Crippen LogP contribution in [0.2, 0.25) is 0 Å². The molecule has 0 aliphatic heterocycles. The number of nitrogens with zero attached hydrogens (tertiary/aromatic N) is 3. The molecule has 2 heterocycles. The van der Waals surface area contributed by atoms with Crippen molar-refractivity contribution in [3.63, 3.8) is 0 Å². The highest BCUT2D eigenvalue weighted by Crippen LogP contribution is 2.22. The van der Waals surface area contributed by atoms with E-state index < -0.39 is 0 Å². The molecule has 0 aliphatic carbocycles. The summed E-state index contributed by atoms with van der Waals surface area (Å²) in [6.45, 7) is 1.98. The summed E-state index contributed by atoms with van der Waals surface area (Å²) in [6, 6.07) is 5.38. The normalized spacial score (nSPS) is 12.1. The molecule has 0 fully saturated rings. The minimum Gasteiger partial charge on any atom is -0.384 e. The van der Waals surface area contributed by atoms with Crippen molar-refractivity contribution < 1.29 is 4.79 Å². The van der Waals surface area contributed by atoms with E-state index in [0.29, 0.717) is 23.5 Å². The first-order chi connectivity index (χ1) is 9.67. The van der Waals surface area contributed by atoms with Crippen molar-refractivity contribution in [2.24, 2.45) is 5.73 Å². The van der Waals surface area contributed by atoms with E-state index in [0.717, 1.165) is 18.3 Å². The zero-order valence-electron chi connectivity index (χ0n) is 11.3. The average molecular weight is 271 g/mol.